The summed E-state index contributed by atoms with van der Waals surface area (Å²) in [6.45, 7) is 13.7. The maximum Gasteiger partial charge on any atom is 0.245 e. The van der Waals surface area contributed by atoms with Crippen LogP contribution >= 0.6 is 0 Å². The van der Waals surface area contributed by atoms with Gasteiger partial charge in [0, 0.05) is 46.6 Å². The van der Waals surface area contributed by atoms with Crippen LogP contribution in [0.2, 0.25) is 25.7 Å². The molecule has 2 aromatic heterocycles. The average molecular weight is 601 g/mol. The van der Waals surface area contributed by atoms with Crippen LogP contribution in [0.3, 0.4) is 0 Å². The minimum Gasteiger partial charge on any atom is -0.383 e. The van der Waals surface area contributed by atoms with Gasteiger partial charge in [-0.1, -0.05) is 39.1 Å². The Morgan fingerprint density at radius 2 is 1.85 bits per heavy atom. The molecular formula is C29H44N6O4SSi. The first-order valence-electron chi connectivity index (χ1n) is 14.0. The van der Waals surface area contributed by atoms with Crippen molar-refractivity contribution in [3.63, 3.8) is 0 Å². The van der Waals surface area contributed by atoms with E-state index < -0.39 is 18.1 Å². The van der Waals surface area contributed by atoms with Gasteiger partial charge in [-0.05, 0) is 49.2 Å². The summed E-state index contributed by atoms with van der Waals surface area (Å²) in [5.41, 5.74) is 3.28. The fourth-order valence-corrected chi connectivity index (χ4v) is 6.05. The molecule has 2 heterocycles. The maximum atomic E-state index is 13.4. The number of aromatic nitrogens is 4. The molecule has 0 aliphatic heterocycles. The summed E-state index contributed by atoms with van der Waals surface area (Å²) < 4.78 is 39.0. The maximum absolute atomic E-state index is 13.4. The largest absolute Gasteiger partial charge is 0.383 e. The van der Waals surface area contributed by atoms with E-state index in [1.807, 2.05) is 12.1 Å². The number of imidazole rings is 1. The zero-order chi connectivity index (χ0) is 29.9. The molecule has 0 spiro atoms. The van der Waals surface area contributed by atoms with Crippen molar-refractivity contribution >= 4 is 29.7 Å². The van der Waals surface area contributed by atoms with Gasteiger partial charge in [-0.15, -0.1) is 6.58 Å². The normalized spacial score (nSPS) is 12.1. The highest BCUT2D eigenvalue weighted by molar-refractivity contribution is 7.89. The monoisotopic (exact) mass is 600 g/mol. The first-order chi connectivity index (χ1) is 19.6. The van der Waals surface area contributed by atoms with E-state index in [1.165, 1.54) is 4.31 Å². The Balaban J connectivity index is 1.74. The molecule has 0 radical (unpaired) electrons. The van der Waals surface area contributed by atoms with Crippen LogP contribution in [-0.2, 0) is 32.3 Å². The number of methoxy groups -OCH3 is 1. The predicted octanol–water partition coefficient (Wildman–Crippen LogP) is 5.63. The molecule has 224 valence electrons. The fraction of sp³-hybridized carbons (Fsp3) is 0.483. The lowest BCUT2D eigenvalue weighted by Crippen LogP contribution is -2.36. The quantitative estimate of drug-likeness (QED) is 0.0834. The van der Waals surface area contributed by atoms with Crippen LogP contribution in [0, 0.1) is 0 Å². The van der Waals surface area contributed by atoms with Crippen molar-refractivity contribution in [2.24, 2.45) is 0 Å². The molecule has 10 nitrogen and oxygen atoms in total. The Kier molecular flexibility index (Phi) is 12.2. The van der Waals surface area contributed by atoms with Gasteiger partial charge in [0.25, 0.3) is 0 Å². The van der Waals surface area contributed by atoms with Gasteiger partial charge in [-0.25, -0.2) is 23.4 Å². The third kappa shape index (κ3) is 9.85. The summed E-state index contributed by atoms with van der Waals surface area (Å²) >= 11 is 0. The number of sulfonamides is 1. The molecule has 0 fully saturated rings. The molecule has 0 bridgehead atoms. The number of aromatic amines is 1. The number of ether oxygens (including phenoxy) is 2. The second-order valence-corrected chi connectivity index (χ2v) is 18.6. The fourth-order valence-electron chi connectivity index (χ4n) is 3.99. The molecule has 0 saturated carbocycles. The number of hydrogen-bond donors (Lipinski definition) is 2. The molecule has 3 aromatic rings. The van der Waals surface area contributed by atoms with E-state index in [0.717, 1.165) is 54.6 Å². The number of hydrogen-bond acceptors (Lipinski definition) is 8. The molecule has 3 rings (SSSR count). The van der Waals surface area contributed by atoms with E-state index in [-0.39, 0.29) is 24.8 Å². The minimum absolute atomic E-state index is 0.0142. The van der Waals surface area contributed by atoms with Crippen molar-refractivity contribution in [1.82, 2.24) is 24.2 Å². The summed E-state index contributed by atoms with van der Waals surface area (Å²) in [6, 6.07) is 9.37. The van der Waals surface area contributed by atoms with E-state index in [1.54, 1.807) is 37.6 Å². The number of benzene rings is 1. The van der Waals surface area contributed by atoms with Crippen molar-refractivity contribution in [2.75, 3.05) is 38.9 Å². The van der Waals surface area contributed by atoms with Crippen molar-refractivity contribution < 1.29 is 17.9 Å². The molecule has 0 unspecified atom stereocenters. The van der Waals surface area contributed by atoms with Gasteiger partial charge >= 0.3 is 0 Å². The average Bonchev–Trinajstić information content (AvgIpc) is 3.34. The van der Waals surface area contributed by atoms with Crippen LogP contribution in [0.5, 0.6) is 0 Å². The zero-order valence-corrected chi connectivity index (χ0v) is 26.8. The molecule has 0 atom stereocenters. The highest BCUT2D eigenvalue weighted by Crippen LogP contribution is 2.24. The molecule has 41 heavy (non-hydrogen) atoms. The number of aryl methyl sites for hydroxylation is 2. The number of rotatable bonds is 18. The van der Waals surface area contributed by atoms with Crippen molar-refractivity contribution in [3.8, 4) is 11.4 Å². The summed E-state index contributed by atoms with van der Waals surface area (Å²) in [6.07, 6.45) is 7.02. The Labute approximate surface area is 245 Å². The van der Waals surface area contributed by atoms with E-state index in [9.17, 15) is 8.42 Å². The first kappa shape index (κ1) is 32.6. The lowest BCUT2D eigenvalue weighted by atomic mass is 10.2. The molecule has 1 aromatic carbocycles. The number of nitrogens with one attached hydrogen (secondary N) is 2. The zero-order valence-electron chi connectivity index (χ0n) is 24.9. The molecule has 2 N–H and O–H groups in total. The van der Waals surface area contributed by atoms with Crippen molar-refractivity contribution in [1.29, 1.82) is 0 Å². The van der Waals surface area contributed by atoms with E-state index in [0.29, 0.717) is 18.2 Å². The third-order valence-corrected chi connectivity index (χ3v) is 9.88. The van der Waals surface area contributed by atoms with Crippen LogP contribution < -0.4 is 5.32 Å². The molecule has 0 aliphatic carbocycles. The minimum atomic E-state index is -3.77. The molecule has 0 aliphatic rings. The highest BCUT2D eigenvalue weighted by Gasteiger charge is 2.25. The van der Waals surface area contributed by atoms with Crippen LogP contribution in [0.1, 0.15) is 31.3 Å². The number of H-pyrrole nitrogens is 1. The Morgan fingerprint density at radius 1 is 1.10 bits per heavy atom. The second-order valence-electron chi connectivity index (χ2n) is 11.0. The van der Waals surface area contributed by atoms with Gasteiger partial charge in [0.2, 0.25) is 16.0 Å². The van der Waals surface area contributed by atoms with Gasteiger partial charge in [0.1, 0.15) is 12.6 Å². The van der Waals surface area contributed by atoms with Crippen molar-refractivity contribution in [3.05, 3.63) is 60.7 Å². The van der Waals surface area contributed by atoms with E-state index in [4.69, 9.17) is 19.4 Å². The second kappa shape index (κ2) is 15.4. The van der Waals surface area contributed by atoms with Crippen LogP contribution in [0.25, 0.3) is 11.4 Å². The van der Waals surface area contributed by atoms with E-state index in [2.05, 4.69) is 48.4 Å². The third-order valence-electron chi connectivity index (χ3n) is 6.34. The van der Waals surface area contributed by atoms with Gasteiger partial charge < -0.3 is 19.8 Å². The topological polar surface area (TPSA) is 122 Å². The van der Waals surface area contributed by atoms with Crippen LogP contribution in [0.15, 0.2) is 54.1 Å². The van der Waals surface area contributed by atoms with Crippen LogP contribution in [-0.4, -0.2) is 74.3 Å². The number of allylic oxidation sites excluding steroid dienone is 1. The molecular weight excluding hydrogens is 557 g/mol. The number of nitrogens with zero attached hydrogens (tertiary/aromatic N) is 4. The lowest BCUT2D eigenvalue weighted by Gasteiger charge is -2.23. The Morgan fingerprint density at radius 3 is 2.51 bits per heavy atom. The molecule has 12 heteroatoms. The SMILES string of the molecule is C=CCCc1nc(CCC)c(-c2ccnc(Nc3ccc(S(=O)(=O)N(CCOC)COCC[Si](C)(C)C)cc3)n2)[nH]1. The van der Waals surface area contributed by atoms with Crippen LogP contribution in [0.4, 0.5) is 11.6 Å². The predicted molar refractivity (Wildman–Crippen MR) is 167 cm³/mol. The molecule has 0 amide bonds. The summed E-state index contributed by atoms with van der Waals surface area (Å²) in [4.78, 5) is 17.4. The summed E-state index contributed by atoms with van der Waals surface area (Å²) in [5.74, 6) is 1.31. The standard InChI is InChI=1S/C29H44N6O4SSi/c1-7-9-11-27-32-25(10-8-2)28(34-27)26-16-17-30-29(33-26)31-23-12-14-24(15-13-23)40(36,37)35(18-19-38-3)22-39-20-21-41(4,5)6/h7,12-17H,1,8-11,18-22H2,2-6H3,(H,32,34)(H,30,31,33). The van der Waals surface area contributed by atoms with Gasteiger partial charge in [-0.3, -0.25) is 0 Å². The van der Waals surface area contributed by atoms with Gasteiger partial charge in [-0.2, -0.15) is 4.31 Å². The lowest BCUT2D eigenvalue weighted by molar-refractivity contribution is 0.0660. The van der Waals surface area contributed by atoms with Crippen molar-refractivity contribution in [2.45, 2.75) is 63.2 Å². The molecule has 0 saturated heterocycles. The Hall–Kier alpha value is -2.90. The number of anilines is 2. The van der Waals surface area contributed by atoms with Gasteiger partial charge in [0.05, 0.1) is 28.6 Å². The summed E-state index contributed by atoms with van der Waals surface area (Å²) in [7, 11) is -3.50. The first-order valence-corrected chi connectivity index (χ1v) is 19.2. The highest BCUT2D eigenvalue weighted by atomic mass is 32.2. The van der Waals surface area contributed by atoms with Gasteiger partial charge in [0.15, 0.2) is 0 Å². The smallest absolute Gasteiger partial charge is 0.245 e. The summed E-state index contributed by atoms with van der Waals surface area (Å²) in [5, 5.41) is 3.19. The van der Waals surface area contributed by atoms with E-state index >= 15 is 0 Å². The Bertz CT molecular complexity index is 1360.